The smallest absolute Gasteiger partial charge is 0.323 e. The van der Waals surface area contributed by atoms with Crippen LogP contribution >= 0.6 is 0 Å². The molecule has 0 aliphatic carbocycles. The van der Waals surface area contributed by atoms with Gasteiger partial charge in [-0.25, -0.2) is 14.5 Å². The van der Waals surface area contributed by atoms with Crippen molar-refractivity contribution in [2.45, 2.75) is 25.9 Å². The van der Waals surface area contributed by atoms with Gasteiger partial charge in [0, 0.05) is 50.5 Å². The van der Waals surface area contributed by atoms with Crippen LogP contribution in [0.15, 0.2) is 55.5 Å². The fourth-order valence-electron chi connectivity index (χ4n) is 3.51. The quantitative estimate of drug-likeness (QED) is 0.753. The van der Waals surface area contributed by atoms with Crippen molar-refractivity contribution >= 4 is 11.8 Å². The number of hydrogen-bond donors (Lipinski definition) is 1. The van der Waals surface area contributed by atoms with Gasteiger partial charge in [-0.3, -0.25) is 10.3 Å². The number of anilines is 1. The Balaban J connectivity index is 1.37. The Labute approximate surface area is 157 Å². The van der Waals surface area contributed by atoms with Gasteiger partial charge in [-0.2, -0.15) is 5.10 Å². The van der Waals surface area contributed by atoms with E-state index in [4.69, 9.17) is 0 Å². The van der Waals surface area contributed by atoms with Gasteiger partial charge in [0.1, 0.15) is 5.82 Å². The van der Waals surface area contributed by atoms with Crippen molar-refractivity contribution in [2.24, 2.45) is 5.92 Å². The van der Waals surface area contributed by atoms with Crippen LogP contribution in [0.4, 0.5) is 10.6 Å². The Kier molecular flexibility index (Phi) is 5.13. The number of nitrogens with zero attached hydrogens (tertiary/aromatic N) is 6. The lowest BCUT2D eigenvalue weighted by molar-refractivity contribution is 0.170. The molecule has 3 aromatic rings. The Bertz CT molecular complexity index is 859. The fourth-order valence-corrected chi connectivity index (χ4v) is 3.51. The van der Waals surface area contributed by atoms with Crippen LogP contribution in [0, 0.1) is 5.92 Å². The highest BCUT2D eigenvalue weighted by molar-refractivity contribution is 5.88. The van der Waals surface area contributed by atoms with E-state index in [2.05, 4.69) is 25.0 Å². The molecule has 8 nitrogen and oxygen atoms in total. The molecular formula is C19H23N7O. The third-order valence-corrected chi connectivity index (χ3v) is 4.84. The summed E-state index contributed by atoms with van der Waals surface area (Å²) in [6, 6.07) is 5.64. The molecule has 4 rings (SSSR count). The van der Waals surface area contributed by atoms with E-state index < -0.39 is 0 Å². The first-order valence-corrected chi connectivity index (χ1v) is 9.20. The van der Waals surface area contributed by atoms with E-state index in [0.29, 0.717) is 18.3 Å². The summed E-state index contributed by atoms with van der Waals surface area (Å²) in [7, 11) is 0. The Morgan fingerprint density at radius 1 is 1.22 bits per heavy atom. The predicted octanol–water partition coefficient (Wildman–Crippen LogP) is 2.47. The van der Waals surface area contributed by atoms with E-state index in [1.54, 1.807) is 29.5 Å². The molecule has 0 bridgehead atoms. The third kappa shape index (κ3) is 4.33. The molecule has 1 atom stereocenters. The topological polar surface area (TPSA) is 80.9 Å². The monoisotopic (exact) mass is 365 g/mol. The summed E-state index contributed by atoms with van der Waals surface area (Å²) in [5.41, 5.74) is 1.04. The zero-order valence-electron chi connectivity index (χ0n) is 15.1. The van der Waals surface area contributed by atoms with Crippen molar-refractivity contribution < 1.29 is 4.79 Å². The highest BCUT2D eigenvalue weighted by Gasteiger charge is 2.24. The molecule has 140 valence electrons. The number of carbonyl (C=O) groups excluding carboxylic acids is 1. The van der Waals surface area contributed by atoms with Gasteiger partial charge in [0.25, 0.3) is 0 Å². The second kappa shape index (κ2) is 8.03. The average molecular weight is 365 g/mol. The van der Waals surface area contributed by atoms with Crippen molar-refractivity contribution in [1.29, 1.82) is 0 Å². The Morgan fingerprint density at radius 2 is 2.19 bits per heavy atom. The largest absolute Gasteiger partial charge is 0.337 e. The molecule has 1 fully saturated rings. The highest BCUT2D eigenvalue weighted by Crippen LogP contribution is 2.19. The molecule has 1 N–H and O–H groups in total. The second-order valence-corrected chi connectivity index (χ2v) is 6.88. The number of carbonyl (C=O) groups is 1. The van der Waals surface area contributed by atoms with Gasteiger partial charge in [0.15, 0.2) is 0 Å². The number of imidazole rings is 1. The van der Waals surface area contributed by atoms with Crippen LogP contribution in [0.1, 0.15) is 18.4 Å². The maximum atomic E-state index is 12.8. The molecule has 0 aromatic carbocycles. The first-order valence-electron chi connectivity index (χ1n) is 9.20. The molecule has 0 unspecified atom stereocenters. The maximum Gasteiger partial charge on any atom is 0.323 e. The molecule has 0 saturated carbocycles. The molecule has 1 aliphatic rings. The fraction of sp³-hybridized carbons (Fsp3) is 0.368. The number of urea groups is 1. The summed E-state index contributed by atoms with van der Waals surface area (Å²) in [5.74, 6) is 1.14. The van der Waals surface area contributed by atoms with Gasteiger partial charge in [0.2, 0.25) is 0 Å². The molecule has 27 heavy (non-hydrogen) atoms. The second-order valence-electron chi connectivity index (χ2n) is 6.88. The van der Waals surface area contributed by atoms with E-state index in [0.717, 1.165) is 38.0 Å². The molecule has 1 saturated heterocycles. The van der Waals surface area contributed by atoms with Crippen LogP contribution in [-0.4, -0.2) is 48.3 Å². The Hall–Kier alpha value is -3.16. The number of amides is 2. The Morgan fingerprint density at radius 3 is 3.00 bits per heavy atom. The minimum absolute atomic E-state index is 0.0710. The zero-order valence-corrected chi connectivity index (χ0v) is 15.1. The van der Waals surface area contributed by atoms with Crippen LogP contribution < -0.4 is 5.32 Å². The standard InChI is InChI=1S/C19H23N7O/c27-19(25-9-2-4-17(13-25)12-24-10-8-21-15-24)23-18-5-7-22-26(18)14-16-3-1-6-20-11-16/h1,3,5-8,10-11,15,17H,2,4,9,12-14H2,(H,23,27)/t17-/m0/s1. The normalized spacial score (nSPS) is 17.0. The predicted molar refractivity (Wildman–Crippen MR) is 101 cm³/mol. The number of piperidine rings is 1. The lowest BCUT2D eigenvalue weighted by Crippen LogP contribution is -2.43. The van der Waals surface area contributed by atoms with Gasteiger partial charge in [0.05, 0.1) is 19.1 Å². The summed E-state index contributed by atoms with van der Waals surface area (Å²) < 4.78 is 3.86. The summed E-state index contributed by atoms with van der Waals surface area (Å²) in [6.45, 7) is 2.99. The van der Waals surface area contributed by atoms with Gasteiger partial charge < -0.3 is 9.47 Å². The molecule has 1 aliphatic heterocycles. The third-order valence-electron chi connectivity index (χ3n) is 4.84. The zero-order chi connectivity index (χ0) is 18.5. The maximum absolute atomic E-state index is 12.8. The molecular weight excluding hydrogens is 342 g/mol. The molecule has 4 heterocycles. The highest BCUT2D eigenvalue weighted by atomic mass is 16.2. The van der Waals surface area contributed by atoms with E-state index in [1.807, 2.05) is 35.6 Å². The summed E-state index contributed by atoms with van der Waals surface area (Å²) in [4.78, 5) is 22.9. The van der Waals surface area contributed by atoms with Crippen LogP contribution in [0.3, 0.4) is 0 Å². The van der Waals surface area contributed by atoms with Crippen molar-refractivity contribution in [3.8, 4) is 0 Å². The van der Waals surface area contributed by atoms with E-state index in [9.17, 15) is 4.79 Å². The van der Waals surface area contributed by atoms with Gasteiger partial charge >= 0.3 is 6.03 Å². The average Bonchev–Trinajstić information content (AvgIpc) is 3.35. The number of aromatic nitrogens is 5. The van der Waals surface area contributed by atoms with E-state index in [-0.39, 0.29) is 6.03 Å². The van der Waals surface area contributed by atoms with Crippen LogP contribution in [0.5, 0.6) is 0 Å². The molecule has 0 spiro atoms. The van der Waals surface area contributed by atoms with Gasteiger partial charge in [-0.1, -0.05) is 6.07 Å². The number of likely N-dealkylation sites (tertiary alicyclic amines) is 1. The molecule has 0 radical (unpaired) electrons. The van der Waals surface area contributed by atoms with Gasteiger partial charge in [-0.05, 0) is 30.4 Å². The lowest BCUT2D eigenvalue weighted by Gasteiger charge is -2.32. The van der Waals surface area contributed by atoms with Gasteiger partial charge in [-0.15, -0.1) is 0 Å². The van der Waals surface area contributed by atoms with Crippen LogP contribution in [-0.2, 0) is 13.1 Å². The SMILES string of the molecule is O=C(Nc1ccnn1Cc1cccnc1)N1CCC[C@@H](Cn2ccnc2)C1. The lowest BCUT2D eigenvalue weighted by atomic mass is 9.98. The number of hydrogen-bond acceptors (Lipinski definition) is 4. The minimum atomic E-state index is -0.0710. The summed E-state index contributed by atoms with van der Waals surface area (Å²) >= 11 is 0. The first-order chi connectivity index (χ1) is 13.3. The molecule has 3 aromatic heterocycles. The molecule has 2 amide bonds. The van der Waals surface area contributed by atoms with Crippen molar-refractivity contribution in [3.63, 3.8) is 0 Å². The van der Waals surface area contributed by atoms with Crippen molar-refractivity contribution in [3.05, 3.63) is 61.1 Å². The van der Waals surface area contributed by atoms with Crippen LogP contribution in [0.25, 0.3) is 0 Å². The number of nitrogens with one attached hydrogen (secondary N) is 1. The number of rotatable bonds is 5. The molecule has 8 heteroatoms. The van der Waals surface area contributed by atoms with Crippen molar-refractivity contribution in [1.82, 2.24) is 29.2 Å². The van der Waals surface area contributed by atoms with E-state index >= 15 is 0 Å². The van der Waals surface area contributed by atoms with Crippen LogP contribution in [0.2, 0.25) is 0 Å². The van der Waals surface area contributed by atoms with Crippen molar-refractivity contribution in [2.75, 3.05) is 18.4 Å². The minimum Gasteiger partial charge on any atom is -0.337 e. The number of pyridine rings is 1. The van der Waals surface area contributed by atoms with E-state index in [1.165, 1.54) is 0 Å². The summed E-state index contributed by atoms with van der Waals surface area (Å²) in [5, 5.41) is 7.33. The summed E-state index contributed by atoms with van der Waals surface area (Å²) in [6.07, 6.45) is 13.0. The first kappa shape index (κ1) is 17.3.